The van der Waals surface area contributed by atoms with E-state index in [9.17, 15) is 4.79 Å². The monoisotopic (exact) mass is 239 g/mol. The number of carbonyl (C=O) groups excluding carboxylic acids is 1. The minimum Gasteiger partial charge on any atom is -0.444 e. The third-order valence-corrected chi connectivity index (χ3v) is 2.43. The molecule has 0 bridgehead atoms. The van der Waals surface area contributed by atoms with Crippen LogP contribution in [0, 0.1) is 0 Å². The summed E-state index contributed by atoms with van der Waals surface area (Å²) < 4.78 is 7.02. The van der Waals surface area contributed by atoms with Crippen LogP contribution in [0.15, 0.2) is 0 Å². The van der Waals surface area contributed by atoms with Crippen LogP contribution in [0.5, 0.6) is 0 Å². The predicted octanol–water partition coefficient (Wildman–Crippen LogP) is 0.611. The van der Waals surface area contributed by atoms with Crippen molar-refractivity contribution >= 4 is 12.0 Å². The normalized spacial score (nSPS) is 15.6. The molecule has 0 aromatic carbocycles. The molecule has 0 atom stereocenters. The van der Waals surface area contributed by atoms with E-state index in [4.69, 9.17) is 10.5 Å². The second-order valence-corrected chi connectivity index (χ2v) is 5.04. The molecule has 0 unspecified atom stereocenters. The Labute approximate surface area is 99.5 Å². The highest BCUT2D eigenvalue weighted by Gasteiger charge is 2.27. The van der Waals surface area contributed by atoms with Crippen molar-refractivity contribution in [3.63, 3.8) is 0 Å². The van der Waals surface area contributed by atoms with Crippen molar-refractivity contribution in [2.45, 2.75) is 39.5 Å². The summed E-state index contributed by atoms with van der Waals surface area (Å²) in [7, 11) is 0. The number of anilines is 1. The summed E-state index contributed by atoms with van der Waals surface area (Å²) in [5.74, 6) is 1.13. The maximum Gasteiger partial charge on any atom is 0.411 e. The molecule has 94 valence electrons. The van der Waals surface area contributed by atoms with E-state index in [1.165, 1.54) is 0 Å². The van der Waals surface area contributed by atoms with Gasteiger partial charge in [-0.1, -0.05) is 0 Å². The lowest BCUT2D eigenvalue weighted by Gasteiger charge is -2.30. The average molecular weight is 239 g/mol. The standard InChI is InChI=1S/C10H17N5O2/c1-10(2,3)17-9(16)14-5-4-7-12-13-8(11)15(7)6-14/h4-6H2,1-3H3,(H2,11,13). The average Bonchev–Trinajstić information content (AvgIpc) is 2.57. The molecule has 0 aliphatic carbocycles. The molecule has 17 heavy (non-hydrogen) atoms. The first-order valence-electron chi connectivity index (χ1n) is 5.52. The zero-order valence-corrected chi connectivity index (χ0v) is 10.3. The Morgan fingerprint density at radius 2 is 2.12 bits per heavy atom. The summed E-state index contributed by atoms with van der Waals surface area (Å²) in [6.07, 6.45) is 0.305. The molecule has 7 heteroatoms. The van der Waals surface area contributed by atoms with Gasteiger partial charge in [0.2, 0.25) is 5.95 Å². The van der Waals surface area contributed by atoms with Gasteiger partial charge in [0.1, 0.15) is 18.1 Å². The number of hydrogen-bond donors (Lipinski definition) is 1. The first kappa shape index (κ1) is 11.7. The van der Waals surface area contributed by atoms with E-state index < -0.39 is 5.60 Å². The Morgan fingerprint density at radius 3 is 2.76 bits per heavy atom. The van der Waals surface area contributed by atoms with Gasteiger partial charge in [0, 0.05) is 13.0 Å². The number of nitrogen functional groups attached to an aromatic ring is 1. The highest BCUT2D eigenvalue weighted by Crippen LogP contribution is 2.16. The third kappa shape index (κ3) is 2.48. The molecular weight excluding hydrogens is 222 g/mol. The molecule has 0 saturated heterocycles. The number of ether oxygens (including phenoxy) is 1. The lowest BCUT2D eigenvalue weighted by Crippen LogP contribution is -2.42. The lowest BCUT2D eigenvalue weighted by molar-refractivity contribution is 0.0164. The van der Waals surface area contributed by atoms with Crippen molar-refractivity contribution in [2.75, 3.05) is 12.3 Å². The number of amides is 1. The number of nitrogens with zero attached hydrogens (tertiary/aromatic N) is 4. The van der Waals surface area contributed by atoms with E-state index in [2.05, 4.69) is 10.2 Å². The second-order valence-electron chi connectivity index (χ2n) is 5.04. The molecule has 2 rings (SSSR count). The molecule has 1 aromatic rings. The summed E-state index contributed by atoms with van der Waals surface area (Å²) in [5.41, 5.74) is 5.17. The molecule has 1 aromatic heterocycles. The van der Waals surface area contributed by atoms with Crippen LogP contribution >= 0.6 is 0 Å². The van der Waals surface area contributed by atoms with Gasteiger partial charge >= 0.3 is 6.09 Å². The molecule has 0 radical (unpaired) electrons. The number of nitrogens with two attached hydrogens (primary N) is 1. The summed E-state index contributed by atoms with van der Waals surface area (Å²) in [5, 5.41) is 7.71. The Morgan fingerprint density at radius 1 is 1.41 bits per heavy atom. The Hall–Kier alpha value is -1.79. The van der Waals surface area contributed by atoms with Crippen LogP contribution in [0.4, 0.5) is 10.7 Å². The lowest BCUT2D eigenvalue weighted by atomic mass is 10.2. The van der Waals surface area contributed by atoms with Crippen LogP contribution in [-0.2, 0) is 17.8 Å². The van der Waals surface area contributed by atoms with Crippen LogP contribution in [0.25, 0.3) is 0 Å². The zero-order valence-electron chi connectivity index (χ0n) is 10.3. The number of hydrogen-bond acceptors (Lipinski definition) is 5. The maximum absolute atomic E-state index is 11.9. The van der Waals surface area contributed by atoms with Crippen molar-refractivity contribution in [1.29, 1.82) is 0 Å². The fourth-order valence-corrected chi connectivity index (χ4v) is 1.64. The first-order chi connectivity index (χ1) is 7.87. The largest absolute Gasteiger partial charge is 0.444 e. The molecule has 1 aliphatic heterocycles. The number of aromatic nitrogens is 3. The summed E-state index contributed by atoms with van der Waals surface area (Å²) in [6, 6.07) is 0. The van der Waals surface area contributed by atoms with Gasteiger partial charge in [0.05, 0.1) is 0 Å². The number of rotatable bonds is 0. The minimum absolute atomic E-state index is 0.327. The van der Waals surface area contributed by atoms with Crippen LogP contribution in [-0.4, -0.2) is 37.9 Å². The van der Waals surface area contributed by atoms with Crippen LogP contribution < -0.4 is 5.73 Å². The Balaban J connectivity index is 2.07. The van der Waals surface area contributed by atoms with E-state index in [1.807, 2.05) is 20.8 Å². The van der Waals surface area contributed by atoms with E-state index in [-0.39, 0.29) is 6.09 Å². The SMILES string of the molecule is CC(C)(C)OC(=O)N1CCc2nnc(N)n2C1. The van der Waals surface area contributed by atoms with Gasteiger partial charge in [-0.05, 0) is 20.8 Å². The van der Waals surface area contributed by atoms with Crippen LogP contribution in [0.2, 0.25) is 0 Å². The van der Waals surface area contributed by atoms with Crippen LogP contribution in [0.3, 0.4) is 0 Å². The van der Waals surface area contributed by atoms with Gasteiger partial charge in [0.25, 0.3) is 0 Å². The van der Waals surface area contributed by atoms with Crippen LogP contribution in [0.1, 0.15) is 26.6 Å². The van der Waals surface area contributed by atoms with Crippen molar-refractivity contribution < 1.29 is 9.53 Å². The smallest absolute Gasteiger partial charge is 0.411 e. The molecule has 0 fully saturated rings. The van der Waals surface area contributed by atoms with Crippen molar-refractivity contribution in [3.05, 3.63) is 5.82 Å². The fraction of sp³-hybridized carbons (Fsp3) is 0.700. The molecule has 7 nitrogen and oxygen atoms in total. The molecule has 2 heterocycles. The van der Waals surface area contributed by atoms with Gasteiger partial charge in [-0.2, -0.15) is 0 Å². The van der Waals surface area contributed by atoms with Crippen molar-refractivity contribution in [2.24, 2.45) is 0 Å². The Bertz CT molecular complexity index is 434. The molecule has 1 aliphatic rings. The first-order valence-corrected chi connectivity index (χ1v) is 5.52. The van der Waals surface area contributed by atoms with Crippen molar-refractivity contribution in [3.8, 4) is 0 Å². The van der Waals surface area contributed by atoms with E-state index in [1.54, 1.807) is 9.47 Å². The van der Waals surface area contributed by atoms with E-state index >= 15 is 0 Å². The number of fused-ring (bicyclic) bond motifs is 1. The van der Waals surface area contributed by atoms with Crippen molar-refractivity contribution in [1.82, 2.24) is 19.7 Å². The highest BCUT2D eigenvalue weighted by atomic mass is 16.6. The second kappa shape index (κ2) is 3.90. The zero-order chi connectivity index (χ0) is 12.6. The summed E-state index contributed by atoms with van der Waals surface area (Å²) >= 11 is 0. The third-order valence-electron chi connectivity index (χ3n) is 2.43. The molecule has 0 saturated carbocycles. The topological polar surface area (TPSA) is 86.3 Å². The van der Waals surface area contributed by atoms with Gasteiger partial charge < -0.3 is 10.5 Å². The van der Waals surface area contributed by atoms with E-state index in [0.29, 0.717) is 25.6 Å². The van der Waals surface area contributed by atoms with Gasteiger partial charge in [-0.15, -0.1) is 10.2 Å². The van der Waals surface area contributed by atoms with Gasteiger partial charge in [-0.3, -0.25) is 9.47 Å². The highest BCUT2D eigenvalue weighted by molar-refractivity contribution is 5.68. The number of carbonyl (C=O) groups is 1. The summed E-state index contributed by atoms with van der Waals surface area (Å²) in [4.78, 5) is 13.5. The van der Waals surface area contributed by atoms with Gasteiger partial charge in [-0.25, -0.2) is 4.79 Å². The quantitative estimate of drug-likeness (QED) is 0.716. The molecule has 0 spiro atoms. The minimum atomic E-state index is -0.490. The van der Waals surface area contributed by atoms with E-state index in [0.717, 1.165) is 5.82 Å². The maximum atomic E-state index is 11.9. The fourth-order valence-electron chi connectivity index (χ4n) is 1.64. The molecular formula is C10H17N5O2. The molecule has 2 N–H and O–H groups in total. The summed E-state index contributed by atoms with van der Waals surface area (Å²) in [6.45, 7) is 6.45. The Kier molecular flexibility index (Phi) is 2.68. The molecule has 1 amide bonds. The van der Waals surface area contributed by atoms with Gasteiger partial charge in [0.15, 0.2) is 0 Å². The predicted molar refractivity (Wildman–Crippen MR) is 61.1 cm³/mol.